The first kappa shape index (κ1) is 17.8. The van der Waals surface area contributed by atoms with E-state index in [2.05, 4.69) is 31.0 Å². The molecule has 4 nitrogen and oxygen atoms in total. The Morgan fingerprint density at radius 3 is 2.57 bits per heavy atom. The molecule has 1 fully saturated rings. The average Bonchev–Trinajstić information content (AvgIpc) is 2.55. The number of hydrogen-bond donors (Lipinski definition) is 1. The van der Waals surface area contributed by atoms with Gasteiger partial charge < -0.3 is 10.1 Å². The molecule has 1 aliphatic rings. The van der Waals surface area contributed by atoms with E-state index in [0.717, 1.165) is 17.9 Å². The van der Waals surface area contributed by atoms with Crippen molar-refractivity contribution in [3.05, 3.63) is 29.8 Å². The van der Waals surface area contributed by atoms with Crippen molar-refractivity contribution < 1.29 is 9.53 Å². The van der Waals surface area contributed by atoms with Gasteiger partial charge in [0.2, 0.25) is 5.91 Å². The highest BCUT2D eigenvalue weighted by molar-refractivity contribution is 5.78. The fourth-order valence-corrected chi connectivity index (χ4v) is 3.24. The summed E-state index contributed by atoms with van der Waals surface area (Å²) in [5.74, 6) is 1.30. The Morgan fingerprint density at radius 2 is 2.00 bits per heavy atom. The van der Waals surface area contributed by atoms with Crippen LogP contribution in [0.2, 0.25) is 0 Å². The minimum Gasteiger partial charge on any atom is -0.497 e. The van der Waals surface area contributed by atoms with Crippen LogP contribution >= 0.6 is 0 Å². The molecule has 1 N–H and O–H groups in total. The zero-order valence-corrected chi connectivity index (χ0v) is 14.8. The number of nitrogens with one attached hydrogen (secondary N) is 1. The maximum atomic E-state index is 12.5. The summed E-state index contributed by atoms with van der Waals surface area (Å²) in [6, 6.07) is 8.51. The van der Waals surface area contributed by atoms with Gasteiger partial charge in [-0.1, -0.05) is 32.4 Å². The molecule has 1 aromatic carbocycles. The van der Waals surface area contributed by atoms with Crippen LogP contribution in [-0.2, 0) is 4.79 Å². The van der Waals surface area contributed by atoms with Gasteiger partial charge in [-0.3, -0.25) is 9.69 Å². The summed E-state index contributed by atoms with van der Waals surface area (Å²) in [4.78, 5) is 14.8. The molecule has 1 amide bonds. The number of likely N-dealkylation sites (tertiary alicyclic amines) is 1. The minimum atomic E-state index is 0.0357. The predicted octanol–water partition coefficient (Wildman–Crippen LogP) is 3.38. The van der Waals surface area contributed by atoms with E-state index in [0.29, 0.717) is 18.5 Å². The summed E-state index contributed by atoms with van der Waals surface area (Å²) in [7, 11) is 1.66. The Balaban J connectivity index is 1.99. The van der Waals surface area contributed by atoms with E-state index in [4.69, 9.17) is 4.74 Å². The van der Waals surface area contributed by atoms with Gasteiger partial charge in [0.1, 0.15) is 5.75 Å². The molecule has 1 aliphatic heterocycles. The second kappa shape index (κ2) is 8.34. The molecule has 1 saturated heterocycles. The number of carbonyl (C=O) groups excluding carboxylic acids is 1. The number of carbonyl (C=O) groups is 1. The zero-order chi connectivity index (χ0) is 16.8. The van der Waals surface area contributed by atoms with Crippen molar-refractivity contribution in [3.63, 3.8) is 0 Å². The lowest BCUT2D eigenvalue weighted by Gasteiger charge is -2.33. The highest BCUT2D eigenvalue weighted by Crippen LogP contribution is 2.24. The van der Waals surface area contributed by atoms with Crippen LogP contribution in [-0.4, -0.2) is 37.0 Å². The molecule has 0 spiro atoms. The molecule has 1 aromatic rings. The van der Waals surface area contributed by atoms with Crippen molar-refractivity contribution in [2.24, 2.45) is 5.92 Å². The maximum Gasteiger partial charge on any atom is 0.234 e. The van der Waals surface area contributed by atoms with Gasteiger partial charge in [0.15, 0.2) is 0 Å². The normalized spacial score (nSPS) is 20.3. The fourth-order valence-electron chi connectivity index (χ4n) is 3.24. The van der Waals surface area contributed by atoms with Crippen molar-refractivity contribution in [3.8, 4) is 5.75 Å². The molecule has 1 heterocycles. The molecule has 4 heteroatoms. The van der Waals surface area contributed by atoms with E-state index < -0.39 is 0 Å². The predicted molar refractivity (Wildman–Crippen MR) is 93.6 cm³/mol. The molecule has 0 aromatic heterocycles. The van der Waals surface area contributed by atoms with E-state index >= 15 is 0 Å². The minimum absolute atomic E-state index is 0.0357. The van der Waals surface area contributed by atoms with E-state index in [1.807, 2.05) is 24.3 Å². The van der Waals surface area contributed by atoms with Crippen molar-refractivity contribution in [1.82, 2.24) is 10.2 Å². The van der Waals surface area contributed by atoms with Gasteiger partial charge >= 0.3 is 0 Å². The van der Waals surface area contributed by atoms with Crippen molar-refractivity contribution >= 4 is 5.91 Å². The van der Waals surface area contributed by atoms with Gasteiger partial charge in [0, 0.05) is 6.04 Å². The number of ether oxygens (including phenoxy) is 1. The van der Waals surface area contributed by atoms with Gasteiger partial charge in [-0.25, -0.2) is 0 Å². The molecular weight excluding hydrogens is 288 g/mol. The summed E-state index contributed by atoms with van der Waals surface area (Å²) in [5, 5.41) is 3.22. The number of hydrogen-bond acceptors (Lipinski definition) is 3. The van der Waals surface area contributed by atoms with Crippen molar-refractivity contribution in [2.45, 2.75) is 52.1 Å². The van der Waals surface area contributed by atoms with Crippen LogP contribution in [0.4, 0.5) is 0 Å². The van der Waals surface area contributed by atoms with Crippen molar-refractivity contribution in [1.29, 1.82) is 0 Å². The van der Waals surface area contributed by atoms with E-state index in [1.54, 1.807) is 7.11 Å². The average molecular weight is 318 g/mol. The monoisotopic (exact) mass is 318 g/mol. The lowest BCUT2D eigenvalue weighted by Crippen LogP contribution is -2.45. The van der Waals surface area contributed by atoms with Gasteiger partial charge in [-0.05, 0) is 49.9 Å². The third-order valence-corrected chi connectivity index (χ3v) is 4.75. The Kier molecular flexibility index (Phi) is 6.46. The molecule has 2 atom stereocenters. The second-order valence-electron chi connectivity index (χ2n) is 6.88. The van der Waals surface area contributed by atoms with Crippen LogP contribution in [0.3, 0.4) is 0 Å². The lowest BCUT2D eigenvalue weighted by atomic mass is 9.96. The zero-order valence-electron chi connectivity index (χ0n) is 14.8. The van der Waals surface area contributed by atoms with E-state index in [1.165, 1.54) is 19.3 Å². The summed E-state index contributed by atoms with van der Waals surface area (Å²) < 4.78 is 5.21. The molecule has 2 rings (SSSR count). The van der Waals surface area contributed by atoms with Crippen LogP contribution in [0, 0.1) is 5.92 Å². The third-order valence-electron chi connectivity index (χ3n) is 4.75. The first-order chi connectivity index (χ1) is 11.0. The first-order valence-corrected chi connectivity index (χ1v) is 8.68. The summed E-state index contributed by atoms with van der Waals surface area (Å²) in [5.41, 5.74) is 1.13. The highest BCUT2D eigenvalue weighted by atomic mass is 16.5. The van der Waals surface area contributed by atoms with Gasteiger partial charge in [-0.15, -0.1) is 0 Å². The summed E-state index contributed by atoms with van der Waals surface area (Å²) in [6.45, 7) is 8.03. The number of rotatable bonds is 6. The molecule has 23 heavy (non-hydrogen) atoms. The third kappa shape index (κ3) is 4.96. The summed E-state index contributed by atoms with van der Waals surface area (Å²) in [6.07, 6.45) is 3.67. The number of methoxy groups -OCH3 is 1. The smallest absolute Gasteiger partial charge is 0.234 e. The largest absolute Gasteiger partial charge is 0.497 e. The van der Waals surface area contributed by atoms with Crippen LogP contribution in [0.15, 0.2) is 24.3 Å². The SMILES string of the molecule is COc1ccc([C@H](NC(=O)CN2CCCC[C@@H]2C)C(C)C)cc1. The molecule has 0 unspecified atom stereocenters. The lowest BCUT2D eigenvalue weighted by molar-refractivity contribution is -0.124. The van der Waals surface area contributed by atoms with E-state index in [9.17, 15) is 4.79 Å². The van der Waals surface area contributed by atoms with Crippen LogP contribution < -0.4 is 10.1 Å². The molecule has 0 saturated carbocycles. The van der Waals surface area contributed by atoms with Gasteiger partial charge in [0.25, 0.3) is 0 Å². The highest BCUT2D eigenvalue weighted by Gasteiger charge is 2.23. The quantitative estimate of drug-likeness (QED) is 0.874. The van der Waals surface area contributed by atoms with Gasteiger partial charge in [-0.2, -0.15) is 0 Å². The number of amides is 1. The van der Waals surface area contributed by atoms with Crippen LogP contribution in [0.1, 0.15) is 51.6 Å². The van der Waals surface area contributed by atoms with Gasteiger partial charge in [0.05, 0.1) is 19.7 Å². The first-order valence-electron chi connectivity index (χ1n) is 8.68. The number of nitrogens with zero attached hydrogens (tertiary/aromatic N) is 1. The molecule has 0 radical (unpaired) electrons. The van der Waals surface area contributed by atoms with Crippen molar-refractivity contribution in [2.75, 3.05) is 20.2 Å². The summed E-state index contributed by atoms with van der Waals surface area (Å²) >= 11 is 0. The van der Waals surface area contributed by atoms with Crippen LogP contribution in [0.5, 0.6) is 5.75 Å². The number of benzene rings is 1. The fraction of sp³-hybridized carbons (Fsp3) is 0.632. The molecule has 0 bridgehead atoms. The Morgan fingerprint density at radius 1 is 1.30 bits per heavy atom. The molecular formula is C19H30N2O2. The molecule has 0 aliphatic carbocycles. The Bertz CT molecular complexity index is 499. The Hall–Kier alpha value is -1.55. The Labute approximate surface area is 140 Å². The molecule has 128 valence electrons. The standard InChI is InChI=1S/C19H30N2O2/c1-14(2)19(16-8-10-17(23-4)11-9-16)20-18(22)13-21-12-6-5-7-15(21)3/h8-11,14-15,19H,5-7,12-13H2,1-4H3,(H,20,22)/t15-,19+/m0/s1. The van der Waals surface area contributed by atoms with Crippen LogP contribution in [0.25, 0.3) is 0 Å². The topological polar surface area (TPSA) is 41.6 Å². The second-order valence-corrected chi connectivity index (χ2v) is 6.88. The van der Waals surface area contributed by atoms with E-state index in [-0.39, 0.29) is 11.9 Å². The maximum absolute atomic E-state index is 12.5. The number of piperidine rings is 1.